The van der Waals surface area contributed by atoms with Crippen LogP contribution in [0, 0.1) is 11.8 Å². The summed E-state index contributed by atoms with van der Waals surface area (Å²) in [5.74, 6) is 0.869. The Morgan fingerprint density at radius 2 is 0.613 bits per heavy atom. The molecule has 62 heavy (non-hydrogen) atoms. The first-order valence-corrected chi connectivity index (χ1v) is 27.8. The Kier molecular flexibility index (Phi) is 47.6. The summed E-state index contributed by atoms with van der Waals surface area (Å²) >= 11 is 0. The summed E-state index contributed by atoms with van der Waals surface area (Å²) in [7, 11) is 0. The standard InChI is InChI=1S/C56H108O6/c1-6-8-9-10-11-12-26-31-36-41-46-54(57)60-49-53(62-56(59)48-43-38-33-28-23-24-29-34-39-44-51(3)4)50-61-55(58)47-42-37-32-27-22-20-18-16-14-13-15-17-19-21-25-30-35-40-45-52(5)7-2/h51-53H,6-50H2,1-5H3/t52?,53-/m1/s1. The van der Waals surface area contributed by atoms with Crippen molar-refractivity contribution in [3.05, 3.63) is 0 Å². The second-order valence-electron chi connectivity index (χ2n) is 19.9. The molecule has 2 atom stereocenters. The Labute approximate surface area is 387 Å². The molecule has 0 fully saturated rings. The number of esters is 3. The third kappa shape index (κ3) is 47.9. The summed E-state index contributed by atoms with van der Waals surface area (Å²) in [4.78, 5) is 37.9. The molecule has 0 heterocycles. The molecule has 0 saturated heterocycles. The minimum atomic E-state index is -0.761. The first kappa shape index (κ1) is 60.4. The normalized spacial score (nSPS) is 12.5. The fraction of sp³-hybridized carbons (Fsp3) is 0.946. The summed E-state index contributed by atoms with van der Waals surface area (Å²) in [5.41, 5.74) is 0. The van der Waals surface area contributed by atoms with E-state index in [9.17, 15) is 14.4 Å². The molecule has 0 aromatic carbocycles. The van der Waals surface area contributed by atoms with Gasteiger partial charge in [-0.05, 0) is 31.1 Å². The van der Waals surface area contributed by atoms with Crippen molar-refractivity contribution in [2.75, 3.05) is 13.2 Å². The van der Waals surface area contributed by atoms with Crippen LogP contribution in [0.25, 0.3) is 0 Å². The molecule has 0 aliphatic rings. The number of ether oxygens (including phenoxy) is 3. The van der Waals surface area contributed by atoms with Crippen molar-refractivity contribution in [2.45, 2.75) is 317 Å². The van der Waals surface area contributed by atoms with Crippen LogP contribution in [0.1, 0.15) is 311 Å². The van der Waals surface area contributed by atoms with Gasteiger partial charge in [-0.15, -0.1) is 0 Å². The van der Waals surface area contributed by atoms with Crippen molar-refractivity contribution >= 4 is 17.9 Å². The monoisotopic (exact) mass is 877 g/mol. The highest BCUT2D eigenvalue weighted by Gasteiger charge is 2.19. The van der Waals surface area contributed by atoms with Gasteiger partial charge in [-0.3, -0.25) is 14.4 Å². The highest BCUT2D eigenvalue weighted by Crippen LogP contribution is 2.18. The van der Waals surface area contributed by atoms with Crippen molar-refractivity contribution in [1.29, 1.82) is 0 Å². The average molecular weight is 877 g/mol. The molecule has 0 aromatic heterocycles. The summed E-state index contributed by atoms with van der Waals surface area (Å²) in [5, 5.41) is 0. The van der Waals surface area contributed by atoms with Crippen LogP contribution in [0.3, 0.4) is 0 Å². The van der Waals surface area contributed by atoms with Crippen LogP contribution >= 0.6 is 0 Å². The topological polar surface area (TPSA) is 78.9 Å². The van der Waals surface area contributed by atoms with Gasteiger partial charge < -0.3 is 14.2 Å². The number of unbranched alkanes of at least 4 members (excludes halogenated alkanes) is 34. The van der Waals surface area contributed by atoms with Crippen LogP contribution in [-0.2, 0) is 28.6 Å². The van der Waals surface area contributed by atoms with Gasteiger partial charge in [0.2, 0.25) is 0 Å². The number of rotatable bonds is 50. The first-order valence-electron chi connectivity index (χ1n) is 27.8. The maximum absolute atomic E-state index is 12.8. The van der Waals surface area contributed by atoms with Crippen molar-refractivity contribution in [2.24, 2.45) is 11.8 Å². The second-order valence-corrected chi connectivity index (χ2v) is 19.9. The van der Waals surface area contributed by atoms with E-state index < -0.39 is 6.10 Å². The summed E-state index contributed by atoms with van der Waals surface area (Å²) in [6.45, 7) is 11.4. The zero-order valence-corrected chi connectivity index (χ0v) is 42.5. The molecule has 0 spiro atoms. The zero-order chi connectivity index (χ0) is 45.4. The molecular weight excluding hydrogens is 769 g/mol. The van der Waals surface area contributed by atoms with Gasteiger partial charge in [-0.1, -0.05) is 272 Å². The van der Waals surface area contributed by atoms with Crippen LogP contribution in [0.15, 0.2) is 0 Å². The minimum absolute atomic E-state index is 0.0635. The molecule has 0 N–H and O–H groups in total. The molecule has 0 amide bonds. The lowest BCUT2D eigenvalue weighted by molar-refractivity contribution is -0.167. The van der Waals surface area contributed by atoms with E-state index in [-0.39, 0.29) is 31.1 Å². The lowest BCUT2D eigenvalue weighted by Gasteiger charge is -2.18. The molecule has 0 aliphatic carbocycles. The average Bonchev–Trinajstić information content (AvgIpc) is 3.26. The fourth-order valence-electron chi connectivity index (χ4n) is 8.49. The third-order valence-corrected chi connectivity index (χ3v) is 13.1. The van der Waals surface area contributed by atoms with E-state index >= 15 is 0 Å². The molecule has 6 nitrogen and oxygen atoms in total. The van der Waals surface area contributed by atoms with Gasteiger partial charge in [0.05, 0.1) is 0 Å². The Morgan fingerprint density at radius 3 is 0.919 bits per heavy atom. The molecule has 368 valence electrons. The van der Waals surface area contributed by atoms with Crippen molar-refractivity contribution in [3.8, 4) is 0 Å². The van der Waals surface area contributed by atoms with Crippen LogP contribution in [0.4, 0.5) is 0 Å². The van der Waals surface area contributed by atoms with E-state index in [1.54, 1.807) is 0 Å². The van der Waals surface area contributed by atoms with Crippen molar-refractivity contribution in [1.82, 2.24) is 0 Å². The highest BCUT2D eigenvalue weighted by molar-refractivity contribution is 5.71. The molecule has 0 aromatic rings. The van der Waals surface area contributed by atoms with Gasteiger partial charge in [0.25, 0.3) is 0 Å². The number of carbonyl (C=O) groups is 3. The van der Waals surface area contributed by atoms with E-state index in [1.165, 1.54) is 199 Å². The van der Waals surface area contributed by atoms with Gasteiger partial charge >= 0.3 is 17.9 Å². The maximum atomic E-state index is 12.8. The number of carbonyl (C=O) groups excluding carboxylic acids is 3. The predicted octanol–water partition coefficient (Wildman–Crippen LogP) is 18.1. The molecule has 0 aliphatic heterocycles. The Morgan fingerprint density at radius 1 is 0.339 bits per heavy atom. The van der Waals surface area contributed by atoms with E-state index in [0.717, 1.165) is 69.6 Å². The van der Waals surface area contributed by atoms with Crippen LogP contribution in [0.5, 0.6) is 0 Å². The van der Waals surface area contributed by atoms with Gasteiger partial charge in [0, 0.05) is 19.3 Å². The quantitative estimate of drug-likeness (QED) is 0.0344. The van der Waals surface area contributed by atoms with Gasteiger partial charge in [0.15, 0.2) is 6.10 Å². The smallest absolute Gasteiger partial charge is 0.306 e. The molecule has 6 heteroatoms. The van der Waals surface area contributed by atoms with Crippen LogP contribution < -0.4 is 0 Å². The maximum Gasteiger partial charge on any atom is 0.306 e. The van der Waals surface area contributed by atoms with E-state index in [2.05, 4.69) is 34.6 Å². The summed E-state index contributed by atoms with van der Waals surface area (Å²) in [6, 6.07) is 0. The SMILES string of the molecule is CCCCCCCCCCCCC(=O)OC[C@H](COC(=O)CCCCCCCCCCCCCCCCCCCCC(C)CC)OC(=O)CCCCCCCCCCCC(C)C. The fourth-order valence-corrected chi connectivity index (χ4v) is 8.49. The number of hydrogen-bond acceptors (Lipinski definition) is 6. The van der Waals surface area contributed by atoms with Crippen molar-refractivity contribution in [3.63, 3.8) is 0 Å². The third-order valence-electron chi connectivity index (χ3n) is 13.1. The van der Waals surface area contributed by atoms with E-state index in [4.69, 9.17) is 14.2 Å². The summed E-state index contributed by atoms with van der Waals surface area (Å²) in [6.07, 6.45) is 51.0. The molecular formula is C56H108O6. The zero-order valence-electron chi connectivity index (χ0n) is 42.5. The number of hydrogen-bond donors (Lipinski definition) is 0. The predicted molar refractivity (Wildman–Crippen MR) is 266 cm³/mol. The molecule has 0 saturated carbocycles. The van der Waals surface area contributed by atoms with Gasteiger partial charge in [-0.25, -0.2) is 0 Å². The lowest BCUT2D eigenvalue weighted by atomic mass is 9.99. The molecule has 0 bridgehead atoms. The Balaban J connectivity index is 4.17. The van der Waals surface area contributed by atoms with Gasteiger partial charge in [-0.2, -0.15) is 0 Å². The lowest BCUT2D eigenvalue weighted by Crippen LogP contribution is -2.30. The highest BCUT2D eigenvalue weighted by atomic mass is 16.6. The van der Waals surface area contributed by atoms with Crippen LogP contribution in [-0.4, -0.2) is 37.2 Å². The Bertz CT molecular complexity index is 949. The summed E-state index contributed by atoms with van der Waals surface area (Å²) < 4.78 is 16.8. The largest absolute Gasteiger partial charge is 0.462 e. The van der Waals surface area contributed by atoms with Gasteiger partial charge in [0.1, 0.15) is 13.2 Å². The van der Waals surface area contributed by atoms with Crippen LogP contribution in [0.2, 0.25) is 0 Å². The Hall–Kier alpha value is -1.59. The second kappa shape index (κ2) is 48.9. The molecule has 1 unspecified atom stereocenters. The molecule has 0 radical (unpaired) electrons. The molecule has 0 rings (SSSR count). The van der Waals surface area contributed by atoms with Crippen molar-refractivity contribution < 1.29 is 28.6 Å². The minimum Gasteiger partial charge on any atom is -0.462 e. The van der Waals surface area contributed by atoms with E-state index in [0.29, 0.717) is 19.3 Å². The first-order chi connectivity index (χ1) is 30.3. The van der Waals surface area contributed by atoms with E-state index in [1.807, 2.05) is 0 Å².